The summed E-state index contributed by atoms with van der Waals surface area (Å²) in [6, 6.07) is 5.35. The van der Waals surface area contributed by atoms with Gasteiger partial charge in [-0.05, 0) is 81.8 Å². The Kier molecular flexibility index (Phi) is 9.89. The molecule has 0 spiro atoms. The quantitative estimate of drug-likeness (QED) is 0.416. The van der Waals surface area contributed by atoms with Crippen LogP contribution < -0.4 is 16.0 Å². The molecule has 2 rings (SSSR count). The molecule has 1 aromatic heterocycles. The fraction of sp³-hybridized carbons (Fsp3) is 0.423. The summed E-state index contributed by atoms with van der Waals surface area (Å²) >= 11 is 1.63. The number of benzene rings is 1. The summed E-state index contributed by atoms with van der Waals surface area (Å²) < 4.78 is 5.33. The van der Waals surface area contributed by atoms with Crippen LogP contribution in [0.15, 0.2) is 41.9 Å². The lowest BCUT2D eigenvalue weighted by molar-refractivity contribution is -0.129. The van der Waals surface area contributed by atoms with E-state index in [1.165, 1.54) is 4.88 Å². The second kappa shape index (κ2) is 12.4. The zero-order valence-corrected chi connectivity index (χ0v) is 21.9. The summed E-state index contributed by atoms with van der Waals surface area (Å²) in [6.07, 6.45) is 3.52. The SMILES string of the molecule is Cc1cc(O)cc(C)c1C[C@H](NC(=O)OC(C)(C)C)C(=O)N[C@H](C)C(=O)N/C=C/Cc1cccs1. The summed E-state index contributed by atoms with van der Waals surface area (Å²) in [6.45, 7) is 10.4. The number of carbonyl (C=O) groups excluding carboxylic acids is 3. The zero-order valence-electron chi connectivity index (χ0n) is 21.1. The van der Waals surface area contributed by atoms with Crippen molar-refractivity contribution in [3.63, 3.8) is 0 Å². The number of allylic oxidation sites excluding steroid dienone is 1. The largest absolute Gasteiger partial charge is 0.508 e. The van der Waals surface area contributed by atoms with E-state index in [9.17, 15) is 19.5 Å². The third-order valence-corrected chi connectivity index (χ3v) is 5.99. The third-order valence-electron chi connectivity index (χ3n) is 5.09. The molecule has 0 unspecified atom stereocenters. The molecular weight excluding hydrogens is 466 g/mol. The summed E-state index contributed by atoms with van der Waals surface area (Å²) in [5, 5.41) is 19.8. The minimum atomic E-state index is -0.989. The molecule has 3 amide bonds. The van der Waals surface area contributed by atoms with Crippen LogP contribution in [-0.4, -0.2) is 40.7 Å². The van der Waals surface area contributed by atoms with Crippen molar-refractivity contribution in [3.05, 3.63) is 63.5 Å². The van der Waals surface area contributed by atoms with Crippen LogP contribution in [0.1, 0.15) is 49.3 Å². The summed E-state index contributed by atoms with van der Waals surface area (Å²) in [4.78, 5) is 39.2. The number of amides is 3. The normalized spacial score (nSPS) is 13.2. The molecule has 0 saturated heterocycles. The molecule has 8 nitrogen and oxygen atoms in total. The van der Waals surface area contributed by atoms with Crippen molar-refractivity contribution in [2.75, 3.05) is 0 Å². The standard InChI is InChI=1S/C26H35N3O5S/c1-16-13-19(30)14-17(2)21(16)15-22(29-25(33)34-26(4,5)6)24(32)28-18(3)23(31)27-11-7-9-20-10-8-12-35-20/h7-8,10-14,18,22,30H,9,15H2,1-6H3,(H,27,31)(H,28,32)(H,29,33)/b11-7+/t18-,22+/m1/s1. The molecule has 35 heavy (non-hydrogen) atoms. The highest BCUT2D eigenvalue weighted by Crippen LogP contribution is 2.22. The number of aromatic hydroxyl groups is 1. The van der Waals surface area contributed by atoms with Crippen LogP contribution >= 0.6 is 11.3 Å². The van der Waals surface area contributed by atoms with E-state index in [4.69, 9.17) is 4.74 Å². The molecule has 2 aromatic rings. The molecule has 4 N–H and O–H groups in total. The van der Waals surface area contributed by atoms with Gasteiger partial charge in [0.05, 0.1) is 0 Å². The fourth-order valence-electron chi connectivity index (χ4n) is 3.41. The first-order chi connectivity index (χ1) is 16.4. The maximum Gasteiger partial charge on any atom is 0.408 e. The highest BCUT2D eigenvalue weighted by molar-refractivity contribution is 7.09. The molecule has 0 saturated carbocycles. The maximum atomic E-state index is 13.1. The van der Waals surface area contributed by atoms with Gasteiger partial charge in [0, 0.05) is 23.9 Å². The number of nitrogens with one attached hydrogen (secondary N) is 3. The van der Waals surface area contributed by atoms with Gasteiger partial charge in [-0.1, -0.05) is 12.1 Å². The van der Waals surface area contributed by atoms with Gasteiger partial charge in [-0.15, -0.1) is 11.3 Å². The number of phenols is 1. The summed E-state index contributed by atoms with van der Waals surface area (Å²) in [5.74, 6) is -0.774. The van der Waals surface area contributed by atoms with Crippen LogP contribution in [0.4, 0.5) is 4.79 Å². The average molecular weight is 502 g/mol. The summed E-state index contributed by atoms with van der Waals surface area (Å²) in [5.41, 5.74) is 1.64. The fourth-order valence-corrected chi connectivity index (χ4v) is 4.09. The second-order valence-electron chi connectivity index (χ2n) is 9.39. The Morgan fingerprint density at radius 2 is 1.77 bits per heavy atom. The van der Waals surface area contributed by atoms with E-state index in [2.05, 4.69) is 16.0 Å². The Morgan fingerprint density at radius 1 is 1.11 bits per heavy atom. The lowest BCUT2D eigenvalue weighted by Gasteiger charge is -2.25. The Morgan fingerprint density at radius 3 is 2.34 bits per heavy atom. The van der Waals surface area contributed by atoms with Crippen molar-refractivity contribution in [2.24, 2.45) is 0 Å². The van der Waals surface area contributed by atoms with Gasteiger partial charge in [-0.2, -0.15) is 0 Å². The Labute approximate surface area is 210 Å². The minimum Gasteiger partial charge on any atom is -0.508 e. The van der Waals surface area contributed by atoms with Crippen molar-refractivity contribution in [2.45, 2.75) is 72.1 Å². The maximum absolute atomic E-state index is 13.1. The van der Waals surface area contributed by atoms with E-state index in [0.29, 0.717) is 6.42 Å². The minimum absolute atomic E-state index is 0.127. The number of hydrogen-bond donors (Lipinski definition) is 4. The topological polar surface area (TPSA) is 117 Å². The lowest BCUT2D eigenvalue weighted by atomic mass is 9.95. The van der Waals surface area contributed by atoms with Gasteiger partial charge in [-0.3, -0.25) is 9.59 Å². The van der Waals surface area contributed by atoms with Crippen LogP contribution in [0.25, 0.3) is 0 Å². The van der Waals surface area contributed by atoms with Crippen LogP contribution in [-0.2, 0) is 27.2 Å². The number of aryl methyl sites for hydroxylation is 2. The number of rotatable bonds is 9. The van der Waals surface area contributed by atoms with Crippen molar-refractivity contribution >= 4 is 29.2 Å². The second-order valence-corrected chi connectivity index (χ2v) is 10.4. The Balaban J connectivity index is 2.08. The highest BCUT2D eigenvalue weighted by atomic mass is 32.1. The van der Waals surface area contributed by atoms with Gasteiger partial charge < -0.3 is 25.8 Å². The molecule has 0 aliphatic rings. The van der Waals surface area contributed by atoms with E-state index >= 15 is 0 Å². The average Bonchev–Trinajstić information content (AvgIpc) is 3.24. The number of thiophene rings is 1. The number of phenolic OH excluding ortho intramolecular Hbond substituents is 1. The lowest BCUT2D eigenvalue weighted by Crippen LogP contribution is -2.53. The van der Waals surface area contributed by atoms with Gasteiger partial charge in [0.15, 0.2) is 0 Å². The molecule has 1 aromatic carbocycles. The predicted octanol–water partition coefficient (Wildman–Crippen LogP) is 3.88. The van der Waals surface area contributed by atoms with Gasteiger partial charge in [-0.25, -0.2) is 4.79 Å². The summed E-state index contributed by atoms with van der Waals surface area (Å²) in [7, 11) is 0. The third kappa shape index (κ3) is 9.44. The van der Waals surface area contributed by atoms with E-state index in [-0.39, 0.29) is 18.1 Å². The molecule has 0 fully saturated rings. The first kappa shape index (κ1) is 27.9. The molecule has 0 bridgehead atoms. The van der Waals surface area contributed by atoms with Gasteiger partial charge in [0.1, 0.15) is 23.4 Å². The smallest absolute Gasteiger partial charge is 0.408 e. The number of ether oxygens (including phenoxy) is 1. The van der Waals surface area contributed by atoms with Crippen molar-refractivity contribution in [1.29, 1.82) is 0 Å². The number of carbonyl (C=O) groups is 3. The molecule has 1 heterocycles. The van der Waals surface area contributed by atoms with Crippen LogP contribution in [0, 0.1) is 13.8 Å². The van der Waals surface area contributed by atoms with E-state index in [1.54, 1.807) is 57.4 Å². The van der Waals surface area contributed by atoms with Crippen LogP contribution in [0.3, 0.4) is 0 Å². The molecule has 0 radical (unpaired) electrons. The van der Waals surface area contributed by atoms with E-state index in [0.717, 1.165) is 16.7 Å². The van der Waals surface area contributed by atoms with Crippen molar-refractivity contribution in [1.82, 2.24) is 16.0 Å². The van der Waals surface area contributed by atoms with Gasteiger partial charge in [0.25, 0.3) is 0 Å². The molecule has 190 valence electrons. The molecular formula is C26H35N3O5S. The van der Waals surface area contributed by atoms with Crippen LogP contribution in [0.5, 0.6) is 5.75 Å². The van der Waals surface area contributed by atoms with E-state index < -0.39 is 29.7 Å². The van der Waals surface area contributed by atoms with Crippen LogP contribution in [0.2, 0.25) is 0 Å². The molecule has 2 atom stereocenters. The highest BCUT2D eigenvalue weighted by Gasteiger charge is 2.28. The molecule has 9 heteroatoms. The monoisotopic (exact) mass is 501 g/mol. The predicted molar refractivity (Wildman–Crippen MR) is 137 cm³/mol. The Bertz CT molecular complexity index is 1030. The molecule has 0 aliphatic carbocycles. The van der Waals surface area contributed by atoms with Crippen molar-refractivity contribution in [3.8, 4) is 5.75 Å². The first-order valence-electron chi connectivity index (χ1n) is 11.4. The number of alkyl carbamates (subject to hydrolysis) is 1. The molecule has 0 aliphatic heterocycles. The van der Waals surface area contributed by atoms with E-state index in [1.807, 2.05) is 37.4 Å². The first-order valence-corrected chi connectivity index (χ1v) is 12.3. The zero-order chi connectivity index (χ0) is 26.2. The Hall–Kier alpha value is -3.33. The van der Waals surface area contributed by atoms with Crippen molar-refractivity contribution < 1.29 is 24.2 Å². The van der Waals surface area contributed by atoms with Gasteiger partial charge in [0.2, 0.25) is 11.8 Å². The van der Waals surface area contributed by atoms with Gasteiger partial charge >= 0.3 is 6.09 Å². The number of hydrogen-bond acceptors (Lipinski definition) is 6.